The second-order valence-electron chi connectivity index (χ2n) is 8.14. The Balaban J connectivity index is 1.91. The molecule has 4 rings (SSSR count). The molecule has 1 saturated carbocycles. The van der Waals surface area contributed by atoms with Gasteiger partial charge in [0.2, 0.25) is 5.75 Å². The number of ether oxygens (including phenoxy) is 1. The molecule has 32 heavy (non-hydrogen) atoms. The van der Waals surface area contributed by atoms with Gasteiger partial charge in [-0.05, 0) is 48.4 Å². The van der Waals surface area contributed by atoms with Crippen LogP contribution in [0.25, 0.3) is 5.70 Å². The SMILES string of the molecule is CCOc1cc(C2NC(=O)NC(c3ccccc3)=C2C2CCCCC2)cc([N+](=O)[O-])c1O. The molecule has 1 unspecified atom stereocenters. The summed E-state index contributed by atoms with van der Waals surface area (Å²) in [5, 5.41) is 27.9. The molecule has 8 heteroatoms. The number of hydrogen-bond donors (Lipinski definition) is 3. The van der Waals surface area contributed by atoms with Crippen LogP contribution in [0, 0.1) is 16.0 Å². The molecular formula is C24H27N3O5. The van der Waals surface area contributed by atoms with Gasteiger partial charge in [-0.15, -0.1) is 0 Å². The number of phenols is 1. The van der Waals surface area contributed by atoms with Crippen molar-refractivity contribution in [1.29, 1.82) is 0 Å². The highest BCUT2D eigenvalue weighted by Gasteiger charge is 2.36. The highest BCUT2D eigenvalue weighted by Crippen LogP contribution is 2.45. The first-order valence-electron chi connectivity index (χ1n) is 11.0. The van der Waals surface area contributed by atoms with Gasteiger partial charge in [-0.2, -0.15) is 0 Å². The highest BCUT2D eigenvalue weighted by atomic mass is 16.6. The van der Waals surface area contributed by atoms with Gasteiger partial charge in [0.15, 0.2) is 5.75 Å². The summed E-state index contributed by atoms with van der Waals surface area (Å²) in [6.45, 7) is 1.98. The fraction of sp³-hybridized carbons (Fsp3) is 0.375. The average Bonchev–Trinajstić information content (AvgIpc) is 2.81. The van der Waals surface area contributed by atoms with E-state index in [1.165, 1.54) is 12.5 Å². The van der Waals surface area contributed by atoms with E-state index >= 15 is 0 Å². The standard InChI is InChI=1S/C24H27N3O5/c1-2-32-19-14-17(13-18(23(19)28)27(30)31)22-20(15-9-5-3-6-10-15)21(25-24(29)26-22)16-11-7-4-8-12-16/h4,7-8,11-15,22,28H,2-3,5-6,9-10H2,1H3,(H2,25,26,29). The number of urea groups is 1. The quantitative estimate of drug-likeness (QED) is 0.432. The van der Waals surface area contributed by atoms with Gasteiger partial charge in [0.25, 0.3) is 0 Å². The predicted octanol–water partition coefficient (Wildman–Crippen LogP) is 5.04. The minimum Gasteiger partial charge on any atom is -0.500 e. The van der Waals surface area contributed by atoms with Gasteiger partial charge in [-0.25, -0.2) is 4.79 Å². The number of benzene rings is 2. The second kappa shape index (κ2) is 9.30. The highest BCUT2D eigenvalue weighted by molar-refractivity contribution is 5.90. The van der Waals surface area contributed by atoms with Gasteiger partial charge in [0.1, 0.15) is 0 Å². The number of nitro groups is 1. The number of nitro benzene ring substituents is 1. The van der Waals surface area contributed by atoms with Gasteiger partial charge in [-0.3, -0.25) is 10.1 Å². The van der Waals surface area contributed by atoms with Gasteiger partial charge in [-0.1, -0.05) is 49.6 Å². The molecule has 0 aromatic heterocycles. The second-order valence-corrected chi connectivity index (χ2v) is 8.14. The van der Waals surface area contributed by atoms with Crippen LogP contribution in [-0.2, 0) is 0 Å². The number of phenolic OH excluding ortho intramolecular Hbond substituents is 1. The molecule has 3 N–H and O–H groups in total. The largest absolute Gasteiger partial charge is 0.500 e. The molecule has 8 nitrogen and oxygen atoms in total. The summed E-state index contributed by atoms with van der Waals surface area (Å²) < 4.78 is 5.48. The molecule has 0 radical (unpaired) electrons. The Morgan fingerprint density at radius 1 is 1.16 bits per heavy atom. The van der Waals surface area contributed by atoms with Crippen LogP contribution in [0.1, 0.15) is 56.2 Å². The first kappa shape index (κ1) is 21.7. The van der Waals surface area contributed by atoms with Crippen molar-refractivity contribution in [3.63, 3.8) is 0 Å². The number of aromatic hydroxyl groups is 1. The summed E-state index contributed by atoms with van der Waals surface area (Å²) in [5.74, 6) is -0.249. The zero-order chi connectivity index (χ0) is 22.7. The Morgan fingerprint density at radius 2 is 1.88 bits per heavy atom. The van der Waals surface area contributed by atoms with E-state index in [2.05, 4.69) is 10.6 Å². The summed E-state index contributed by atoms with van der Waals surface area (Å²) in [6.07, 6.45) is 5.33. The molecule has 1 aliphatic carbocycles. The maximum Gasteiger partial charge on any atom is 0.319 e. The van der Waals surface area contributed by atoms with Crippen LogP contribution in [0.5, 0.6) is 11.5 Å². The van der Waals surface area contributed by atoms with Crippen molar-refractivity contribution in [2.45, 2.75) is 45.1 Å². The van der Waals surface area contributed by atoms with Gasteiger partial charge >= 0.3 is 11.7 Å². The Labute approximate surface area is 186 Å². The van der Waals surface area contributed by atoms with Crippen molar-refractivity contribution in [2.24, 2.45) is 5.92 Å². The summed E-state index contributed by atoms with van der Waals surface area (Å²) >= 11 is 0. The van der Waals surface area contributed by atoms with E-state index in [0.29, 0.717) is 5.56 Å². The Bertz CT molecular complexity index is 1050. The zero-order valence-corrected chi connectivity index (χ0v) is 18.0. The van der Waals surface area contributed by atoms with Crippen molar-refractivity contribution in [2.75, 3.05) is 6.61 Å². The lowest BCUT2D eigenvalue weighted by atomic mass is 9.76. The van der Waals surface area contributed by atoms with Gasteiger partial charge < -0.3 is 20.5 Å². The van der Waals surface area contributed by atoms with E-state index in [9.17, 15) is 20.0 Å². The third-order valence-corrected chi connectivity index (χ3v) is 6.13. The van der Waals surface area contributed by atoms with Gasteiger partial charge in [0, 0.05) is 6.07 Å². The lowest BCUT2D eigenvalue weighted by molar-refractivity contribution is -0.386. The molecule has 1 atom stereocenters. The summed E-state index contributed by atoms with van der Waals surface area (Å²) in [7, 11) is 0. The minimum atomic E-state index is -0.633. The van der Waals surface area contributed by atoms with Crippen molar-refractivity contribution in [1.82, 2.24) is 10.6 Å². The number of nitrogens with one attached hydrogen (secondary N) is 2. The first-order chi connectivity index (χ1) is 15.5. The number of amides is 2. The third kappa shape index (κ3) is 4.26. The maximum absolute atomic E-state index is 12.7. The van der Waals surface area contributed by atoms with E-state index in [0.717, 1.165) is 42.5 Å². The monoisotopic (exact) mass is 437 g/mol. The van der Waals surface area contributed by atoms with Crippen LogP contribution in [0.15, 0.2) is 48.0 Å². The third-order valence-electron chi connectivity index (χ3n) is 6.13. The van der Waals surface area contributed by atoms with E-state index in [1.807, 2.05) is 30.3 Å². The van der Waals surface area contributed by atoms with E-state index in [-0.39, 0.29) is 24.3 Å². The Hall–Kier alpha value is -3.55. The minimum absolute atomic E-state index is 0.0359. The number of carbonyl (C=O) groups is 1. The summed E-state index contributed by atoms with van der Waals surface area (Å²) in [4.78, 5) is 23.7. The summed E-state index contributed by atoms with van der Waals surface area (Å²) in [5.41, 5.74) is 2.73. The lowest BCUT2D eigenvalue weighted by Crippen LogP contribution is -2.45. The Morgan fingerprint density at radius 3 is 2.53 bits per heavy atom. The summed E-state index contributed by atoms with van der Waals surface area (Å²) in [6, 6.07) is 11.6. The van der Waals surface area contributed by atoms with Crippen LogP contribution in [-0.4, -0.2) is 22.7 Å². The zero-order valence-electron chi connectivity index (χ0n) is 18.0. The van der Waals surface area contributed by atoms with Crippen molar-refractivity contribution in [3.05, 3.63) is 69.3 Å². The average molecular weight is 437 g/mol. The molecule has 2 aliphatic rings. The van der Waals surface area contributed by atoms with Crippen LogP contribution in [0.2, 0.25) is 0 Å². The van der Waals surface area contributed by atoms with E-state index in [1.54, 1.807) is 13.0 Å². The van der Waals surface area contributed by atoms with E-state index in [4.69, 9.17) is 4.74 Å². The van der Waals surface area contributed by atoms with Gasteiger partial charge in [0.05, 0.1) is 23.3 Å². The fourth-order valence-corrected chi connectivity index (χ4v) is 4.72. The van der Waals surface area contributed by atoms with E-state index < -0.39 is 22.4 Å². The predicted molar refractivity (Wildman–Crippen MR) is 120 cm³/mol. The van der Waals surface area contributed by atoms with Crippen LogP contribution in [0.4, 0.5) is 10.5 Å². The molecule has 168 valence electrons. The molecular weight excluding hydrogens is 410 g/mol. The smallest absolute Gasteiger partial charge is 0.319 e. The topological polar surface area (TPSA) is 114 Å². The first-order valence-corrected chi connectivity index (χ1v) is 11.0. The number of nitrogens with zero attached hydrogens (tertiary/aromatic N) is 1. The fourth-order valence-electron chi connectivity index (χ4n) is 4.72. The molecule has 0 saturated heterocycles. The van der Waals surface area contributed by atoms with Crippen LogP contribution < -0.4 is 15.4 Å². The normalized spacial score (nSPS) is 19.3. The lowest BCUT2D eigenvalue weighted by Gasteiger charge is -2.37. The molecule has 0 bridgehead atoms. The number of rotatable bonds is 6. The van der Waals surface area contributed by atoms with Crippen LogP contribution in [0.3, 0.4) is 0 Å². The number of hydrogen-bond acceptors (Lipinski definition) is 5. The maximum atomic E-state index is 12.7. The van der Waals surface area contributed by atoms with Crippen molar-refractivity contribution >= 4 is 17.4 Å². The Kier molecular flexibility index (Phi) is 6.30. The molecule has 1 aliphatic heterocycles. The molecule has 1 heterocycles. The molecule has 2 aromatic carbocycles. The number of carbonyl (C=O) groups excluding carboxylic acids is 1. The van der Waals surface area contributed by atoms with Crippen molar-refractivity contribution < 1.29 is 19.6 Å². The molecule has 0 spiro atoms. The van der Waals surface area contributed by atoms with Crippen molar-refractivity contribution in [3.8, 4) is 11.5 Å². The van der Waals surface area contributed by atoms with Crippen LogP contribution >= 0.6 is 0 Å². The molecule has 1 fully saturated rings. The molecule has 2 aromatic rings. The molecule has 2 amide bonds.